The third kappa shape index (κ3) is 1.98. The Hall–Kier alpha value is -2.97. The van der Waals surface area contributed by atoms with E-state index in [-0.39, 0.29) is 11.7 Å². The zero-order valence-electron chi connectivity index (χ0n) is 11.8. The average Bonchev–Trinajstić information content (AvgIpc) is 2.93. The molecule has 1 aliphatic rings. The Balaban J connectivity index is 2.27. The summed E-state index contributed by atoms with van der Waals surface area (Å²) < 4.78 is 6.54. The minimum Gasteiger partial charge on any atom is -0.507 e. The highest BCUT2D eigenvalue weighted by molar-refractivity contribution is 6.02. The molecule has 2 N–H and O–H groups in total. The van der Waals surface area contributed by atoms with Gasteiger partial charge in [-0.1, -0.05) is 11.2 Å². The van der Waals surface area contributed by atoms with Crippen LogP contribution < -0.4 is 4.74 Å². The van der Waals surface area contributed by atoms with Crippen LogP contribution in [0.2, 0.25) is 0 Å². The van der Waals surface area contributed by atoms with Crippen molar-refractivity contribution in [1.29, 1.82) is 0 Å². The number of ether oxygens (including phenoxy) is 1. The Morgan fingerprint density at radius 2 is 2.18 bits per heavy atom. The minimum atomic E-state index is -1.09. The molecule has 0 radical (unpaired) electrons. The predicted octanol–water partition coefficient (Wildman–Crippen LogP) is 0.783. The Labute approximate surface area is 124 Å². The number of tetrazole rings is 1. The number of aromatic nitrogens is 4. The van der Waals surface area contributed by atoms with Gasteiger partial charge in [0.25, 0.3) is 5.95 Å². The van der Waals surface area contributed by atoms with Gasteiger partial charge >= 0.3 is 5.97 Å². The maximum Gasteiger partial charge on any atom is 0.314 e. The number of carbonyl (C=O) groups is 1. The monoisotopic (exact) mass is 303 g/mol. The van der Waals surface area contributed by atoms with Gasteiger partial charge in [0, 0.05) is 5.71 Å². The molecule has 22 heavy (non-hydrogen) atoms. The molecule has 0 spiro atoms. The summed E-state index contributed by atoms with van der Waals surface area (Å²) >= 11 is 0. The van der Waals surface area contributed by atoms with E-state index in [0.717, 1.165) is 0 Å². The van der Waals surface area contributed by atoms with E-state index in [0.29, 0.717) is 17.0 Å². The number of carboxylic acids is 1. The maximum absolute atomic E-state index is 11.7. The van der Waals surface area contributed by atoms with Crippen LogP contribution in [0.15, 0.2) is 23.2 Å². The van der Waals surface area contributed by atoms with Crippen LogP contribution in [0.3, 0.4) is 0 Å². The number of methoxy groups -OCH3 is 1. The van der Waals surface area contributed by atoms with Crippen molar-refractivity contribution in [2.45, 2.75) is 13.0 Å². The van der Waals surface area contributed by atoms with Gasteiger partial charge in [-0.25, -0.2) is 9.67 Å². The number of fused-ring (bicyclic) bond motifs is 1. The summed E-state index contributed by atoms with van der Waals surface area (Å²) in [4.78, 5) is 15.8. The number of phenols is 1. The van der Waals surface area contributed by atoms with Crippen molar-refractivity contribution in [2.75, 3.05) is 7.11 Å². The first kappa shape index (κ1) is 14.0. The van der Waals surface area contributed by atoms with E-state index >= 15 is 0 Å². The lowest BCUT2D eigenvalue weighted by Gasteiger charge is -2.29. The summed E-state index contributed by atoms with van der Waals surface area (Å²) in [6.45, 7) is 1.59. The molecule has 2 aromatic rings. The maximum atomic E-state index is 11.7. The van der Waals surface area contributed by atoms with Crippen LogP contribution in [0.5, 0.6) is 11.5 Å². The molecule has 1 aliphatic heterocycles. The molecule has 0 amide bonds. The van der Waals surface area contributed by atoms with E-state index in [1.54, 1.807) is 19.1 Å². The van der Waals surface area contributed by atoms with Gasteiger partial charge in [-0.05, 0) is 29.5 Å². The summed E-state index contributed by atoms with van der Waals surface area (Å²) in [5, 5.41) is 30.9. The molecule has 9 nitrogen and oxygen atoms in total. The standard InChI is InChI=1S/C13H13N5O4/c1-6-9(12(20)21)11(18-13(14-6)15-16-17-18)10-7(19)4-3-5-8(10)22-2/h3-5,9,11,19H,1-2H3,(H,20,21). The molecular formula is C13H13N5O4. The van der Waals surface area contributed by atoms with E-state index in [2.05, 4.69) is 20.5 Å². The van der Waals surface area contributed by atoms with Crippen molar-refractivity contribution in [3.8, 4) is 11.5 Å². The lowest BCUT2D eigenvalue weighted by Crippen LogP contribution is -2.36. The lowest BCUT2D eigenvalue weighted by atomic mass is 9.87. The Kier molecular flexibility index (Phi) is 3.24. The molecular weight excluding hydrogens is 290 g/mol. The van der Waals surface area contributed by atoms with Crippen LogP contribution in [0.4, 0.5) is 5.95 Å². The van der Waals surface area contributed by atoms with Crippen molar-refractivity contribution < 1.29 is 19.7 Å². The van der Waals surface area contributed by atoms with Gasteiger partial charge in [0.15, 0.2) is 0 Å². The fourth-order valence-corrected chi connectivity index (χ4v) is 2.65. The summed E-state index contributed by atoms with van der Waals surface area (Å²) in [7, 11) is 1.44. The second kappa shape index (κ2) is 5.10. The Morgan fingerprint density at radius 1 is 1.41 bits per heavy atom. The SMILES string of the molecule is COc1cccc(O)c1C1C(C(=O)O)C(C)=Nc2nnnn21. The molecule has 114 valence electrons. The summed E-state index contributed by atoms with van der Waals surface area (Å²) in [5.41, 5.74) is 0.658. The number of hydrogen-bond donors (Lipinski definition) is 2. The molecule has 1 aromatic heterocycles. The molecule has 2 heterocycles. The van der Waals surface area contributed by atoms with Crippen molar-refractivity contribution in [1.82, 2.24) is 20.2 Å². The van der Waals surface area contributed by atoms with Crippen molar-refractivity contribution >= 4 is 17.6 Å². The normalized spacial score (nSPS) is 20.2. The number of nitrogens with zero attached hydrogens (tertiary/aromatic N) is 5. The highest BCUT2D eigenvalue weighted by atomic mass is 16.5. The molecule has 1 aromatic carbocycles. The predicted molar refractivity (Wildman–Crippen MR) is 74.5 cm³/mol. The molecule has 0 fully saturated rings. The first-order valence-corrected chi connectivity index (χ1v) is 6.46. The number of hydrogen-bond acceptors (Lipinski definition) is 7. The van der Waals surface area contributed by atoms with Gasteiger partial charge in [-0.3, -0.25) is 4.79 Å². The lowest BCUT2D eigenvalue weighted by molar-refractivity contribution is -0.140. The van der Waals surface area contributed by atoms with E-state index in [1.165, 1.54) is 17.9 Å². The number of rotatable bonds is 3. The fraction of sp³-hybridized carbons (Fsp3) is 0.308. The van der Waals surface area contributed by atoms with Gasteiger partial charge in [-0.15, -0.1) is 0 Å². The van der Waals surface area contributed by atoms with Crippen LogP contribution in [-0.4, -0.2) is 49.2 Å². The minimum absolute atomic E-state index is 0.0910. The van der Waals surface area contributed by atoms with Gasteiger partial charge in [0.2, 0.25) is 0 Å². The quantitative estimate of drug-likeness (QED) is 0.859. The molecule has 3 rings (SSSR count). The van der Waals surface area contributed by atoms with Crippen molar-refractivity contribution in [3.63, 3.8) is 0 Å². The third-order valence-electron chi connectivity index (χ3n) is 3.61. The molecule has 9 heteroatoms. The largest absolute Gasteiger partial charge is 0.507 e. The highest BCUT2D eigenvalue weighted by Gasteiger charge is 2.41. The number of carboxylic acid groups (broad SMARTS) is 1. The molecule has 0 saturated heterocycles. The van der Waals surface area contributed by atoms with E-state index in [1.807, 2.05) is 0 Å². The molecule has 0 bridgehead atoms. The highest BCUT2D eigenvalue weighted by Crippen LogP contribution is 2.42. The number of aliphatic imine (C=N–C) groups is 1. The second-order valence-electron chi connectivity index (χ2n) is 4.83. The van der Waals surface area contributed by atoms with Crippen molar-refractivity contribution in [3.05, 3.63) is 23.8 Å². The van der Waals surface area contributed by atoms with Gasteiger partial charge in [0.1, 0.15) is 23.5 Å². The van der Waals surface area contributed by atoms with E-state index < -0.39 is 17.9 Å². The van der Waals surface area contributed by atoms with Gasteiger partial charge < -0.3 is 14.9 Å². The van der Waals surface area contributed by atoms with Gasteiger partial charge in [-0.2, -0.15) is 0 Å². The molecule has 2 unspecified atom stereocenters. The smallest absolute Gasteiger partial charge is 0.314 e. The summed E-state index contributed by atoms with van der Waals surface area (Å²) in [6, 6.07) is 3.86. The van der Waals surface area contributed by atoms with Crippen LogP contribution in [0.1, 0.15) is 18.5 Å². The van der Waals surface area contributed by atoms with Crippen molar-refractivity contribution in [2.24, 2.45) is 10.9 Å². The first-order valence-electron chi connectivity index (χ1n) is 6.46. The fourth-order valence-electron chi connectivity index (χ4n) is 2.65. The van der Waals surface area contributed by atoms with Crippen LogP contribution >= 0.6 is 0 Å². The number of aromatic hydroxyl groups is 1. The average molecular weight is 303 g/mol. The Bertz CT molecular complexity index is 770. The summed E-state index contributed by atoms with van der Waals surface area (Å²) in [6.07, 6.45) is 0. The van der Waals surface area contributed by atoms with E-state index in [4.69, 9.17) is 4.74 Å². The molecule has 0 saturated carbocycles. The molecule has 0 aliphatic carbocycles. The van der Waals surface area contributed by atoms with E-state index in [9.17, 15) is 15.0 Å². The zero-order chi connectivity index (χ0) is 15.9. The third-order valence-corrected chi connectivity index (χ3v) is 3.61. The van der Waals surface area contributed by atoms with Crippen LogP contribution in [-0.2, 0) is 4.79 Å². The van der Waals surface area contributed by atoms with Gasteiger partial charge in [0.05, 0.1) is 12.7 Å². The molecule has 2 atom stereocenters. The number of aliphatic carboxylic acids is 1. The number of benzene rings is 1. The zero-order valence-corrected chi connectivity index (χ0v) is 11.8. The number of phenolic OH excluding ortho intramolecular Hbond substituents is 1. The van der Waals surface area contributed by atoms with Crippen LogP contribution in [0.25, 0.3) is 0 Å². The topological polar surface area (TPSA) is 123 Å². The Morgan fingerprint density at radius 3 is 2.86 bits per heavy atom. The first-order chi connectivity index (χ1) is 10.5. The summed E-state index contributed by atoms with van der Waals surface area (Å²) in [5.74, 6) is -1.65. The second-order valence-corrected chi connectivity index (χ2v) is 4.83. The van der Waals surface area contributed by atoms with Crippen LogP contribution in [0, 0.1) is 5.92 Å².